The summed E-state index contributed by atoms with van der Waals surface area (Å²) in [6, 6.07) is -0.599. The smallest absolute Gasteiger partial charge is 0.328 e. The van der Waals surface area contributed by atoms with Gasteiger partial charge in [-0.15, -0.1) is 0 Å². The maximum atomic E-state index is 11.9. The van der Waals surface area contributed by atoms with Gasteiger partial charge in [0.2, 0.25) is 10.0 Å². The fraction of sp³-hybridized carbons (Fsp3) is 0.667. The fourth-order valence-corrected chi connectivity index (χ4v) is 3.59. The molecule has 2 N–H and O–H groups in total. The molecule has 2 rings (SSSR count). The number of sulfonamides is 1. The molecule has 0 aliphatic carbocycles. The van der Waals surface area contributed by atoms with E-state index in [1.165, 1.54) is 22.0 Å². The van der Waals surface area contributed by atoms with Crippen LogP contribution in [0.1, 0.15) is 24.9 Å². The number of β-amino-alcohol motifs (C(OH)–C–C–N with tert-alkyl or cyclic N) is 1. The van der Waals surface area contributed by atoms with E-state index in [1.807, 2.05) is 0 Å². The van der Waals surface area contributed by atoms with Crippen molar-refractivity contribution in [2.24, 2.45) is 0 Å². The van der Waals surface area contributed by atoms with Gasteiger partial charge in [-0.05, 0) is 20.3 Å². The highest BCUT2D eigenvalue weighted by Gasteiger charge is 2.42. The second-order valence-corrected chi connectivity index (χ2v) is 7.72. The summed E-state index contributed by atoms with van der Waals surface area (Å²) in [7, 11) is -3.40. The average molecular weight is 317 g/mol. The summed E-state index contributed by atoms with van der Waals surface area (Å²) in [6.07, 6.45) is 2.77. The lowest BCUT2D eigenvalue weighted by Crippen LogP contribution is -2.55. The Labute approximate surface area is 122 Å². The molecule has 1 saturated heterocycles. The summed E-state index contributed by atoms with van der Waals surface area (Å²) in [5.74, 6) is 0. The van der Waals surface area contributed by atoms with Crippen LogP contribution >= 0.6 is 0 Å². The van der Waals surface area contributed by atoms with Crippen molar-refractivity contribution in [3.8, 4) is 0 Å². The summed E-state index contributed by atoms with van der Waals surface area (Å²) in [4.78, 5) is 25.5. The van der Waals surface area contributed by atoms with E-state index < -0.39 is 32.9 Å². The van der Waals surface area contributed by atoms with Crippen LogP contribution in [0.5, 0.6) is 0 Å². The lowest BCUT2D eigenvalue weighted by Gasteiger charge is -2.42. The molecule has 0 amide bonds. The monoisotopic (exact) mass is 317 g/mol. The van der Waals surface area contributed by atoms with Gasteiger partial charge in [-0.1, -0.05) is 0 Å². The van der Waals surface area contributed by atoms with Crippen molar-refractivity contribution in [2.45, 2.75) is 31.9 Å². The number of aromatic nitrogens is 2. The minimum absolute atomic E-state index is 0.0961. The van der Waals surface area contributed by atoms with Crippen LogP contribution < -0.4 is 11.2 Å². The largest absolute Gasteiger partial charge is 0.387 e. The van der Waals surface area contributed by atoms with Crippen molar-refractivity contribution in [1.29, 1.82) is 0 Å². The lowest BCUT2D eigenvalue weighted by atomic mass is 9.90. The zero-order valence-electron chi connectivity index (χ0n) is 12.2. The molecule has 8 nitrogen and oxygen atoms in total. The first-order chi connectivity index (χ1) is 9.52. The number of H-pyrrole nitrogens is 1. The molecule has 1 aromatic rings. The number of aromatic amines is 1. The topological polar surface area (TPSA) is 112 Å². The minimum atomic E-state index is -3.40. The van der Waals surface area contributed by atoms with Crippen LogP contribution in [-0.2, 0) is 10.0 Å². The van der Waals surface area contributed by atoms with Gasteiger partial charge in [-0.2, -0.15) is 4.31 Å². The van der Waals surface area contributed by atoms with Gasteiger partial charge in [0, 0.05) is 24.8 Å². The summed E-state index contributed by atoms with van der Waals surface area (Å²) in [6.45, 7) is 3.17. The Bertz CT molecular complexity index is 762. The van der Waals surface area contributed by atoms with Crippen molar-refractivity contribution in [3.63, 3.8) is 0 Å². The van der Waals surface area contributed by atoms with E-state index in [9.17, 15) is 23.1 Å². The Kier molecular flexibility index (Phi) is 3.85. The first kappa shape index (κ1) is 15.9. The van der Waals surface area contributed by atoms with Crippen LogP contribution in [-0.4, -0.2) is 52.3 Å². The van der Waals surface area contributed by atoms with Gasteiger partial charge in [-0.25, -0.2) is 13.2 Å². The molecule has 2 atom stereocenters. The van der Waals surface area contributed by atoms with Crippen molar-refractivity contribution in [2.75, 3.05) is 19.3 Å². The van der Waals surface area contributed by atoms with Crippen LogP contribution in [0, 0.1) is 6.92 Å². The highest BCUT2D eigenvalue weighted by molar-refractivity contribution is 7.88. The number of nitrogens with zero attached hydrogens (tertiary/aromatic N) is 2. The van der Waals surface area contributed by atoms with Crippen LogP contribution in [0.2, 0.25) is 0 Å². The molecule has 1 aliphatic heterocycles. The van der Waals surface area contributed by atoms with Crippen molar-refractivity contribution < 1.29 is 13.5 Å². The highest BCUT2D eigenvalue weighted by atomic mass is 32.2. The normalized spacial score (nSPS) is 27.7. The summed E-state index contributed by atoms with van der Waals surface area (Å²) in [5.41, 5.74) is -2.13. The van der Waals surface area contributed by atoms with E-state index in [0.29, 0.717) is 5.56 Å². The molecule has 0 unspecified atom stereocenters. The number of aryl methyl sites for hydroxylation is 1. The molecule has 9 heteroatoms. The Morgan fingerprint density at radius 1 is 1.43 bits per heavy atom. The second-order valence-electron chi connectivity index (χ2n) is 5.74. The standard InChI is InChI=1S/C12H19N3O5S/c1-8-6-15(11(17)13-10(8)16)9-4-5-14(21(3,19)20)7-12(9,2)18/h6,9,18H,4-5,7H2,1-3H3,(H,13,16,17)/t9-,12-/m0/s1. The predicted molar refractivity (Wildman–Crippen MR) is 76.8 cm³/mol. The van der Waals surface area contributed by atoms with E-state index >= 15 is 0 Å². The molecular formula is C12H19N3O5S. The predicted octanol–water partition coefficient (Wildman–Crippen LogP) is -1.20. The Morgan fingerprint density at radius 2 is 2.05 bits per heavy atom. The summed E-state index contributed by atoms with van der Waals surface area (Å²) in [5, 5.41) is 10.5. The summed E-state index contributed by atoms with van der Waals surface area (Å²) < 4.78 is 25.6. The minimum Gasteiger partial charge on any atom is -0.387 e. The third-order valence-corrected chi connectivity index (χ3v) is 5.07. The second kappa shape index (κ2) is 5.08. The SMILES string of the molecule is Cc1cn([C@H]2CCN(S(C)(=O)=O)C[C@]2(C)O)c(=O)[nH]c1=O. The molecule has 1 fully saturated rings. The Balaban J connectivity index is 2.41. The number of aliphatic hydroxyl groups is 1. The Morgan fingerprint density at radius 3 is 2.57 bits per heavy atom. The molecule has 1 aliphatic rings. The van der Waals surface area contributed by atoms with Gasteiger partial charge >= 0.3 is 5.69 Å². The first-order valence-corrected chi connectivity index (χ1v) is 8.37. The number of piperidine rings is 1. The molecular weight excluding hydrogens is 298 g/mol. The summed E-state index contributed by atoms with van der Waals surface area (Å²) >= 11 is 0. The van der Waals surface area contributed by atoms with Crippen molar-refractivity contribution in [1.82, 2.24) is 13.9 Å². The van der Waals surface area contributed by atoms with Crippen molar-refractivity contribution >= 4 is 10.0 Å². The quantitative estimate of drug-likeness (QED) is 0.711. The van der Waals surface area contributed by atoms with Crippen LogP contribution in [0.15, 0.2) is 15.8 Å². The van der Waals surface area contributed by atoms with Crippen LogP contribution in [0.3, 0.4) is 0 Å². The molecule has 0 bridgehead atoms. The van der Waals surface area contributed by atoms with Gasteiger partial charge in [0.05, 0.1) is 17.9 Å². The maximum absolute atomic E-state index is 11.9. The molecule has 1 aromatic heterocycles. The fourth-order valence-electron chi connectivity index (χ4n) is 2.66. The third-order valence-electron chi connectivity index (χ3n) is 3.82. The molecule has 118 valence electrons. The molecule has 0 saturated carbocycles. The van der Waals surface area contributed by atoms with Crippen molar-refractivity contribution in [3.05, 3.63) is 32.6 Å². The van der Waals surface area contributed by atoms with Crippen LogP contribution in [0.25, 0.3) is 0 Å². The number of hydrogen-bond acceptors (Lipinski definition) is 5. The lowest BCUT2D eigenvalue weighted by molar-refractivity contribution is -0.0371. The van der Waals surface area contributed by atoms with E-state index in [4.69, 9.17) is 0 Å². The zero-order valence-corrected chi connectivity index (χ0v) is 13.0. The number of hydrogen-bond donors (Lipinski definition) is 2. The number of rotatable bonds is 2. The first-order valence-electron chi connectivity index (χ1n) is 6.52. The van der Waals surface area contributed by atoms with Gasteiger partial charge < -0.3 is 5.11 Å². The van der Waals surface area contributed by atoms with Gasteiger partial charge in [0.1, 0.15) is 0 Å². The van der Waals surface area contributed by atoms with E-state index in [0.717, 1.165) is 6.26 Å². The Hall–Kier alpha value is -1.45. The highest BCUT2D eigenvalue weighted by Crippen LogP contribution is 2.31. The molecule has 2 heterocycles. The van der Waals surface area contributed by atoms with E-state index in [2.05, 4.69) is 4.98 Å². The van der Waals surface area contributed by atoms with Gasteiger partial charge in [0.25, 0.3) is 5.56 Å². The van der Waals surface area contributed by atoms with E-state index in [-0.39, 0.29) is 19.5 Å². The van der Waals surface area contributed by atoms with E-state index in [1.54, 1.807) is 6.92 Å². The zero-order chi connectivity index (χ0) is 16.0. The van der Waals surface area contributed by atoms with Gasteiger partial charge in [-0.3, -0.25) is 14.3 Å². The maximum Gasteiger partial charge on any atom is 0.328 e. The average Bonchev–Trinajstić information content (AvgIpc) is 2.32. The van der Waals surface area contributed by atoms with Gasteiger partial charge in [0.15, 0.2) is 0 Å². The molecule has 21 heavy (non-hydrogen) atoms. The number of nitrogens with one attached hydrogen (secondary N) is 1. The third kappa shape index (κ3) is 3.09. The van der Waals surface area contributed by atoms with Crippen LogP contribution in [0.4, 0.5) is 0 Å². The molecule has 0 radical (unpaired) electrons. The molecule has 0 spiro atoms. The molecule has 0 aromatic carbocycles.